The van der Waals surface area contributed by atoms with Crippen LogP contribution in [-0.2, 0) is 21.9 Å². The summed E-state index contributed by atoms with van der Waals surface area (Å²) in [6, 6.07) is 14.7. The molecule has 5 heteroatoms. The van der Waals surface area contributed by atoms with E-state index < -0.39 is 10.0 Å². The van der Waals surface area contributed by atoms with Crippen LogP contribution in [0.5, 0.6) is 0 Å². The number of sulfonamides is 1. The van der Waals surface area contributed by atoms with E-state index in [9.17, 15) is 8.42 Å². The average molecular weight is 354 g/mol. The number of nitrogens with one attached hydrogen (secondary N) is 1. The Morgan fingerprint density at radius 1 is 1.05 bits per heavy atom. The largest absolute Gasteiger partial charge is 0.240 e. The van der Waals surface area contributed by atoms with Gasteiger partial charge in [-0.2, -0.15) is 0 Å². The van der Waals surface area contributed by atoms with Gasteiger partial charge in [-0.1, -0.05) is 52.3 Å². The molecule has 0 saturated heterocycles. The van der Waals surface area contributed by atoms with E-state index in [2.05, 4.69) is 20.7 Å². The molecular weight excluding hydrogens is 338 g/mol. The fraction of sp³-hybridized carbons (Fsp3) is 0.200. The monoisotopic (exact) mass is 353 g/mol. The SMILES string of the molecule is Cc1cccc(S(=O)(=O)NCc2ccc(CBr)cc2)c1. The summed E-state index contributed by atoms with van der Waals surface area (Å²) >= 11 is 3.38. The van der Waals surface area contributed by atoms with Crippen LogP contribution in [0.25, 0.3) is 0 Å². The summed E-state index contributed by atoms with van der Waals surface area (Å²) in [5.41, 5.74) is 3.02. The smallest absolute Gasteiger partial charge is 0.207 e. The molecule has 2 aromatic carbocycles. The van der Waals surface area contributed by atoms with Crippen molar-refractivity contribution >= 4 is 26.0 Å². The third kappa shape index (κ3) is 3.91. The summed E-state index contributed by atoms with van der Waals surface area (Å²) < 4.78 is 26.9. The van der Waals surface area contributed by atoms with E-state index in [1.165, 1.54) is 0 Å². The Bertz CT molecular complexity index is 681. The van der Waals surface area contributed by atoms with Gasteiger partial charge in [0.1, 0.15) is 0 Å². The zero-order valence-electron chi connectivity index (χ0n) is 11.1. The molecule has 3 nitrogen and oxygen atoms in total. The van der Waals surface area contributed by atoms with E-state index in [0.29, 0.717) is 11.4 Å². The summed E-state index contributed by atoms with van der Waals surface area (Å²) in [7, 11) is -3.46. The van der Waals surface area contributed by atoms with Crippen LogP contribution in [0.1, 0.15) is 16.7 Å². The minimum absolute atomic E-state index is 0.291. The van der Waals surface area contributed by atoms with Gasteiger partial charge in [-0.05, 0) is 35.7 Å². The van der Waals surface area contributed by atoms with Crippen LogP contribution in [0.2, 0.25) is 0 Å². The van der Waals surface area contributed by atoms with Gasteiger partial charge >= 0.3 is 0 Å². The molecule has 0 aliphatic carbocycles. The molecule has 0 spiro atoms. The van der Waals surface area contributed by atoms with E-state index in [-0.39, 0.29) is 0 Å². The van der Waals surface area contributed by atoms with Gasteiger partial charge in [-0.15, -0.1) is 0 Å². The van der Waals surface area contributed by atoms with Gasteiger partial charge < -0.3 is 0 Å². The van der Waals surface area contributed by atoms with E-state index in [1.54, 1.807) is 18.2 Å². The molecule has 0 amide bonds. The summed E-state index contributed by atoms with van der Waals surface area (Å²) in [6.45, 7) is 2.16. The number of aryl methyl sites for hydroxylation is 1. The summed E-state index contributed by atoms with van der Waals surface area (Å²) in [5.74, 6) is 0. The Morgan fingerprint density at radius 3 is 2.30 bits per heavy atom. The Morgan fingerprint density at radius 2 is 1.70 bits per heavy atom. The molecule has 20 heavy (non-hydrogen) atoms. The van der Waals surface area contributed by atoms with Crippen LogP contribution in [0, 0.1) is 6.92 Å². The molecule has 0 heterocycles. The number of halogens is 1. The van der Waals surface area contributed by atoms with E-state index in [0.717, 1.165) is 22.0 Å². The number of alkyl halides is 1. The molecule has 0 aliphatic heterocycles. The molecule has 0 fully saturated rings. The lowest BCUT2D eigenvalue weighted by atomic mass is 10.2. The second-order valence-corrected chi connectivity index (χ2v) is 6.92. The lowest BCUT2D eigenvalue weighted by molar-refractivity contribution is 0.581. The van der Waals surface area contributed by atoms with Crippen molar-refractivity contribution < 1.29 is 8.42 Å². The van der Waals surface area contributed by atoms with Crippen LogP contribution < -0.4 is 4.72 Å². The van der Waals surface area contributed by atoms with Gasteiger partial charge in [0.15, 0.2) is 0 Å². The summed E-state index contributed by atoms with van der Waals surface area (Å²) in [6.07, 6.45) is 0. The molecule has 0 saturated carbocycles. The second-order valence-electron chi connectivity index (χ2n) is 4.59. The first-order valence-corrected chi connectivity index (χ1v) is 8.82. The maximum atomic E-state index is 12.2. The zero-order chi connectivity index (χ0) is 14.6. The van der Waals surface area contributed by atoms with Crippen molar-refractivity contribution in [3.8, 4) is 0 Å². The minimum atomic E-state index is -3.46. The third-order valence-electron chi connectivity index (χ3n) is 2.94. The van der Waals surface area contributed by atoms with E-state index in [1.807, 2.05) is 37.3 Å². The van der Waals surface area contributed by atoms with E-state index >= 15 is 0 Å². The fourth-order valence-electron chi connectivity index (χ4n) is 1.79. The van der Waals surface area contributed by atoms with Crippen molar-refractivity contribution in [3.63, 3.8) is 0 Å². The molecule has 0 bridgehead atoms. The highest BCUT2D eigenvalue weighted by Gasteiger charge is 2.13. The Labute approximate surface area is 128 Å². The number of hydrogen-bond donors (Lipinski definition) is 1. The molecule has 2 aromatic rings. The number of benzene rings is 2. The molecule has 0 aromatic heterocycles. The minimum Gasteiger partial charge on any atom is -0.207 e. The standard InChI is InChI=1S/C15H16BrNO2S/c1-12-3-2-4-15(9-12)20(18,19)17-11-14-7-5-13(10-16)6-8-14/h2-9,17H,10-11H2,1H3. The van der Waals surface area contributed by atoms with Crippen molar-refractivity contribution in [2.24, 2.45) is 0 Å². The van der Waals surface area contributed by atoms with Crippen molar-refractivity contribution in [2.75, 3.05) is 0 Å². The van der Waals surface area contributed by atoms with Crippen LogP contribution >= 0.6 is 15.9 Å². The van der Waals surface area contributed by atoms with Crippen molar-refractivity contribution in [3.05, 3.63) is 65.2 Å². The van der Waals surface area contributed by atoms with Crippen molar-refractivity contribution in [1.82, 2.24) is 4.72 Å². The van der Waals surface area contributed by atoms with Crippen LogP contribution in [0.3, 0.4) is 0 Å². The Kier molecular flexibility index (Phi) is 4.96. The number of hydrogen-bond acceptors (Lipinski definition) is 2. The first-order chi connectivity index (χ1) is 9.51. The van der Waals surface area contributed by atoms with Crippen LogP contribution in [-0.4, -0.2) is 8.42 Å². The molecular formula is C15H16BrNO2S. The maximum absolute atomic E-state index is 12.2. The third-order valence-corrected chi connectivity index (χ3v) is 4.99. The molecule has 106 valence electrons. The highest BCUT2D eigenvalue weighted by Crippen LogP contribution is 2.12. The molecule has 0 atom stereocenters. The van der Waals surface area contributed by atoms with Crippen LogP contribution in [0.4, 0.5) is 0 Å². The quantitative estimate of drug-likeness (QED) is 0.837. The fourth-order valence-corrected chi connectivity index (χ4v) is 3.29. The van der Waals surface area contributed by atoms with E-state index in [4.69, 9.17) is 0 Å². The van der Waals surface area contributed by atoms with Gasteiger partial charge in [0.2, 0.25) is 10.0 Å². The predicted molar refractivity (Wildman–Crippen MR) is 84.3 cm³/mol. The second kappa shape index (κ2) is 6.52. The van der Waals surface area contributed by atoms with Crippen LogP contribution in [0.15, 0.2) is 53.4 Å². The highest BCUT2D eigenvalue weighted by atomic mass is 79.9. The topological polar surface area (TPSA) is 46.2 Å². The summed E-state index contributed by atoms with van der Waals surface area (Å²) in [5, 5.41) is 0.794. The lowest BCUT2D eigenvalue weighted by Crippen LogP contribution is -2.23. The molecule has 0 radical (unpaired) electrons. The molecule has 0 unspecified atom stereocenters. The van der Waals surface area contributed by atoms with Gasteiger partial charge in [0, 0.05) is 11.9 Å². The van der Waals surface area contributed by atoms with Gasteiger partial charge in [-0.25, -0.2) is 13.1 Å². The zero-order valence-corrected chi connectivity index (χ0v) is 13.5. The first kappa shape index (κ1) is 15.2. The predicted octanol–water partition coefficient (Wildman–Crippen LogP) is 3.37. The summed E-state index contributed by atoms with van der Waals surface area (Å²) in [4.78, 5) is 0.301. The normalized spacial score (nSPS) is 11.5. The maximum Gasteiger partial charge on any atom is 0.240 e. The van der Waals surface area contributed by atoms with Gasteiger partial charge in [0.05, 0.1) is 4.90 Å². The Balaban J connectivity index is 2.09. The average Bonchev–Trinajstić information content (AvgIpc) is 2.46. The molecule has 1 N–H and O–H groups in total. The Hall–Kier alpha value is -1.17. The van der Waals surface area contributed by atoms with Crippen molar-refractivity contribution in [1.29, 1.82) is 0 Å². The number of rotatable bonds is 5. The molecule has 2 rings (SSSR count). The highest BCUT2D eigenvalue weighted by molar-refractivity contribution is 9.08. The lowest BCUT2D eigenvalue weighted by Gasteiger charge is -2.08. The first-order valence-electron chi connectivity index (χ1n) is 6.21. The van der Waals surface area contributed by atoms with Crippen molar-refractivity contribution in [2.45, 2.75) is 23.7 Å². The van der Waals surface area contributed by atoms with Gasteiger partial charge in [-0.3, -0.25) is 0 Å². The van der Waals surface area contributed by atoms with Gasteiger partial charge in [0.25, 0.3) is 0 Å². The molecule has 0 aliphatic rings.